The molecule has 0 aliphatic carbocycles. The number of carbonyl (C=O) groups excluding carboxylic acids is 2. The quantitative estimate of drug-likeness (QED) is 0.836. The van der Waals surface area contributed by atoms with E-state index >= 15 is 0 Å². The molecule has 0 saturated heterocycles. The van der Waals surface area contributed by atoms with Crippen molar-refractivity contribution in [1.29, 1.82) is 0 Å². The predicted molar refractivity (Wildman–Crippen MR) is 93.3 cm³/mol. The molecule has 0 atom stereocenters. The van der Waals surface area contributed by atoms with E-state index in [1.807, 2.05) is 0 Å². The van der Waals surface area contributed by atoms with Gasteiger partial charge < -0.3 is 10.6 Å². The molecule has 0 aliphatic rings. The van der Waals surface area contributed by atoms with Gasteiger partial charge in [0.05, 0.1) is 13.0 Å². The molecule has 0 unspecified atom stereocenters. The maximum absolute atomic E-state index is 11.9. The van der Waals surface area contributed by atoms with Crippen molar-refractivity contribution in [3.63, 3.8) is 0 Å². The van der Waals surface area contributed by atoms with Gasteiger partial charge in [0.2, 0.25) is 11.8 Å². The first kappa shape index (κ1) is 17.6. The molecule has 2 N–H and O–H groups in total. The molecule has 2 aromatic rings. The third-order valence-corrected chi connectivity index (χ3v) is 3.93. The van der Waals surface area contributed by atoms with Gasteiger partial charge in [-0.05, 0) is 42.0 Å². The fourth-order valence-electron chi connectivity index (χ4n) is 1.84. The molecule has 0 aromatic heterocycles. The van der Waals surface area contributed by atoms with E-state index in [0.717, 1.165) is 0 Å². The Morgan fingerprint density at radius 2 is 1.48 bits per heavy atom. The molecule has 0 aliphatic heterocycles. The first-order valence-corrected chi connectivity index (χ1v) is 7.84. The van der Waals surface area contributed by atoms with E-state index in [-0.39, 0.29) is 24.8 Å². The number of halogens is 3. The molecule has 2 amide bonds. The van der Waals surface area contributed by atoms with Crippen LogP contribution in [-0.2, 0) is 16.0 Å². The van der Waals surface area contributed by atoms with Gasteiger partial charge in [0, 0.05) is 20.8 Å². The molecule has 23 heavy (non-hydrogen) atoms. The Kier molecular flexibility index (Phi) is 6.28. The third kappa shape index (κ3) is 5.43. The maximum atomic E-state index is 11.9. The summed E-state index contributed by atoms with van der Waals surface area (Å²) in [6.45, 7) is -0.149. The number of nitrogens with one attached hydrogen (secondary N) is 2. The molecule has 4 nitrogen and oxygen atoms in total. The van der Waals surface area contributed by atoms with Crippen molar-refractivity contribution in [3.05, 3.63) is 63.1 Å². The highest BCUT2D eigenvalue weighted by atomic mass is 35.5. The van der Waals surface area contributed by atoms with Gasteiger partial charge in [-0.25, -0.2) is 0 Å². The lowest BCUT2D eigenvalue weighted by Crippen LogP contribution is -2.33. The average molecular weight is 372 g/mol. The normalized spacial score (nSPS) is 10.2. The third-order valence-electron chi connectivity index (χ3n) is 2.97. The van der Waals surface area contributed by atoms with E-state index in [9.17, 15) is 9.59 Å². The van der Waals surface area contributed by atoms with Gasteiger partial charge in [-0.1, -0.05) is 40.9 Å². The summed E-state index contributed by atoms with van der Waals surface area (Å²) in [5.41, 5.74) is 1.13. The Labute approximate surface area is 148 Å². The molecule has 0 bridgehead atoms. The number of anilines is 1. The Morgan fingerprint density at radius 1 is 0.870 bits per heavy atom. The van der Waals surface area contributed by atoms with Gasteiger partial charge in [0.15, 0.2) is 0 Å². The van der Waals surface area contributed by atoms with Crippen LogP contribution in [0.3, 0.4) is 0 Å². The number of rotatable bonds is 5. The van der Waals surface area contributed by atoms with Crippen LogP contribution in [0.15, 0.2) is 42.5 Å². The van der Waals surface area contributed by atoms with Crippen LogP contribution in [0.2, 0.25) is 15.1 Å². The smallest absolute Gasteiger partial charge is 0.243 e. The summed E-state index contributed by atoms with van der Waals surface area (Å²) in [6.07, 6.45) is 0.00668. The molecule has 7 heteroatoms. The Hall–Kier alpha value is -1.75. The molecule has 0 fully saturated rings. The van der Waals surface area contributed by atoms with Crippen LogP contribution in [-0.4, -0.2) is 18.4 Å². The van der Waals surface area contributed by atoms with E-state index in [4.69, 9.17) is 34.8 Å². The number of amides is 2. The molecule has 0 radical (unpaired) electrons. The Morgan fingerprint density at radius 3 is 2.09 bits per heavy atom. The zero-order valence-electron chi connectivity index (χ0n) is 11.9. The second kappa shape index (κ2) is 8.20. The van der Waals surface area contributed by atoms with Crippen LogP contribution in [0.5, 0.6) is 0 Å². The Bertz CT molecular complexity index is 698. The molecule has 120 valence electrons. The van der Waals surface area contributed by atoms with E-state index in [0.29, 0.717) is 26.3 Å². The van der Waals surface area contributed by atoms with Crippen molar-refractivity contribution in [2.75, 3.05) is 11.9 Å². The zero-order chi connectivity index (χ0) is 16.8. The van der Waals surface area contributed by atoms with Crippen molar-refractivity contribution >= 4 is 52.3 Å². The maximum Gasteiger partial charge on any atom is 0.243 e. The largest absolute Gasteiger partial charge is 0.347 e. The molecule has 2 aromatic carbocycles. The summed E-state index contributed by atoms with van der Waals surface area (Å²) in [5, 5.41) is 6.58. The van der Waals surface area contributed by atoms with Crippen LogP contribution < -0.4 is 10.6 Å². The molecular formula is C16H13Cl3N2O2. The van der Waals surface area contributed by atoms with Crippen molar-refractivity contribution in [2.45, 2.75) is 6.42 Å². The summed E-state index contributed by atoms with van der Waals surface area (Å²) in [4.78, 5) is 23.7. The topological polar surface area (TPSA) is 58.2 Å². The molecule has 0 heterocycles. The second-order valence-corrected chi connectivity index (χ2v) is 5.96. The average Bonchev–Trinajstić information content (AvgIpc) is 2.51. The monoisotopic (exact) mass is 370 g/mol. The fourth-order valence-corrected chi connectivity index (χ4v) is 2.50. The SMILES string of the molecule is O=C(Cc1c(Cl)cccc1Cl)NCC(=O)Nc1ccc(Cl)cc1. The van der Waals surface area contributed by atoms with Gasteiger partial charge in [0.1, 0.15) is 0 Å². The van der Waals surface area contributed by atoms with Gasteiger partial charge >= 0.3 is 0 Å². The molecule has 0 saturated carbocycles. The van der Waals surface area contributed by atoms with Crippen LogP contribution in [0.4, 0.5) is 5.69 Å². The van der Waals surface area contributed by atoms with Crippen molar-refractivity contribution in [1.82, 2.24) is 5.32 Å². The predicted octanol–water partition coefficient (Wildman–Crippen LogP) is 3.94. The summed E-state index contributed by atoms with van der Waals surface area (Å²) in [6, 6.07) is 11.7. The van der Waals surface area contributed by atoms with E-state index < -0.39 is 0 Å². The van der Waals surface area contributed by atoms with Crippen LogP contribution in [0.1, 0.15) is 5.56 Å². The van der Waals surface area contributed by atoms with Crippen molar-refractivity contribution < 1.29 is 9.59 Å². The molecule has 0 spiro atoms. The summed E-state index contributed by atoms with van der Waals surface area (Å²) in [5.74, 6) is -0.683. The number of hydrogen-bond donors (Lipinski definition) is 2. The lowest BCUT2D eigenvalue weighted by Gasteiger charge is -2.09. The van der Waals surface area contributed by atoms with E-state index in [2.05, 4.69) is 10.6 Å². The standard InChI is InChI=1S/C16H13Cl3N2O2/c17-10-4-6-11(7-5-10)21-16(23)9-20-15(22)8-12-13(18)2-1-3-14(12)19/h1-7H,8-9H2,(H,20,22)(H,21,23). The summed E-state index contributed by atoms with van der Waals surface area (Å²) in [7, 11) is 0. The number of benzene rings is 2. The van der Waals surface area contributed by atoms with Gasteiger partial charge in [-0.3, -0.25) is 9.59 Å². The lowest BCUT2D eigenvalue weighted by molar-refractivity contribution is -0.123. The van der Waals surface area contributed by atoms with E-state index in [1.54, 1.807) is 42.5 Å². The lowest BCUT2D eigenvalue weighted by atomic mass is 10.1. The minimum absolute atomic E-state index is 0.00668. The fraction of sp³-hybridized carbons (Fsp3) is 0.125. The minimum atomic E-state index is -0.342. The highest BCUT2D eigenvalue weighted by Crippen LogP contribution is 2.24. The highest BCUT2D eigenvalue weighted by Gasteiger charge is 2.12. The van der Waals surface area contributed by atoms with E-state index in [1.165, 1.54) is 0 Å². The molecule has 2 rings (SSSR count). The minimum Gasteiger partial charge on any atom is -0.347 e. The molecular weight excluding hydrogens is 359 g/mol. The van der Waals surface area contributed by atoms with Crippen molar-refractivity contribution in [2.24, 2.45) is 0 Å². The highest BCUT2D eigenvalue weighted by molar-refractivity contribution is 6.36. The van der Waals surface area contributed by atoms with Gasteiger partial charge in [-0.2, -0.15) is 0 Å². The first-order chi connectivity index (χ1) is 11.0. The number of carbonyl (C=O) groups is 2. The van der Waals surface area contributed by atoms with Crippen LogP contribution in [0.25, 0.3) is 0 Å². The Balaban J connectivity index is 1.84. The second-order valence-electron chi connectivity index (χ2n) is 4.71. The first-order valence-electron chi connectivity index (χ1n) is 6.70. The zero-order valence-corrected chi connectivity index (χ0v) is 14.2. The van der Waals surface area contributed by atoms with Crippen LogP contribution >= 0.6 is 34.8 Å². The van der Waals surface area contributed by atoms with Crippen LogP contribution in [0, 0.1) is 0 Å². The number of hydrogen-bond acceptors (Lipinski definition) is 2. The van der Waals surface area contributed by atoms with Gasteiger partial charge in [-0.15, -0.1) is 0 Å². The van der Waals surface area contributed by atoms with Crippen molar-refractivity contribution in [3.8, 4) is 0 Å². The summed E-state index contributed by atoms with van der Waals surface area (Å²) >= 11 is 17.8. The van der Waals surface area contributed by atoms with Gasteiger partial charge in [0.25, 0.3) is 0 Å². The summed E-state index contributed by atoms with van der Waals surface area (Å²) < 4.78 is 0.